The minimum Gasteiger partial charge on any atom is -0.324 e. The summed E-state index contributed by atoms with van der Waals surface area (Å²) in [6, 6.07) is 7.98. The summed E-state index contributed by atoms with van der Waals surface area (Å²) in [5.74, 6) is -0.441. The fourth-order valence-electron chi connectivity index (χ4n) is 1.62. The van der Waals surface area contributed by atoms with Gasteiger partial charge in [0.05, 0.1) is 0 Å². The number of rotatable bonds is 4. The minimum atomic E-state index is -4.50. The minimum absolute atomic E-state index is 0.277. The molecular formula is C13H12F3N3OS. The molecule has 1 heterocycles. The van der Waals surface area contributed by atoms with Crippen LogP contribution in [0.5, 0.6) is 0 Å². The average molecular weight is 315 g/mol. The molecule has 4 nitrogen and oxygen atoms in total. The van der Waals surface area contributed by atoms with Gasteiger partial charge in [0.15, 0.2) is 5.69 Å². The highest BCUT2D eigenvalue weighted by Gasteiger charge is 2.33. The molecule has 2 rings (SSSR count). The molecule has 2 aromatic rings. The summed E-state index contributed by atoms with van der Waals surface area (Å²) in [5, 5.41) is 5.92. The Balaban J connectivity index is 1.96. The van der Waals surface area contributed by atoms with Gasteiger partial charge in [-0.15, -0.1) is 11.8 Å². The zero-order valence-electron chi connectivity index (χ0n) is 11.0. The Morgan fingerprint density at radius 2 is 1.95 bits per heavy atom. The summed E-state index contributed by atoms with van der Waals surface area (Å²) in [5.41, 5.74) is -0.430. The molecular weight excluding hydrogens is 303 g/mol. The molecule has 0 saturated carbocycles. The second-order valence-electron chi connectivity index (χ2n) is 4.17. The zero-order valence-corrected chi connectivity index (χ0v) is 11.8. The van der Waals surface area contributed by atoms with Crippen LogP contribution in [-0.2, 0) is 17.5 Å². The van der Waals surface area contributed by atoms with Crippen molar-refractivity contribution in [2.24, 2.45) is 0 Å². The van der Waals surface area contributed by atoms with E-state index >= 15 is 0 Å². The molecule has 1 aromatic carbocycles. The van der Waals surface area contributed by atoms with E-state index in [0.717, 1.165) is 21.8 Å². The maximum Gasteiger partial charge on any atom is 0.435 e. The van der Waals surface area contributed by atoms with E-state index in [9.17, 15) is 18.0 Å². The van der Waals surface area contributed by atoms with Crippen LogP contribution < -0.4 is 5.32 Å². The summed E-state index contributed by atoms with van der Waals surface area (Å²) < 4.78 is 38.1. The fourth-order valence-corrected chi connectivity index (χ4v) is 2.03. The second kappa shape index (κ2) is 6.21. The number of benzene rings is 1. The molecule has 0 aliphatic heterocycles. The van der Waals surface area contributed by atoms with E-state index in [-0.39, 0.29) is 6.54 Å². The van der Waals surface area contributed by atoms with E-state index in [0.29, 0.717) is 5.69 Å². The summed E-state index contributed by atoms with van der Waals surface area (Å²) in [7, 11) is 0. The molecule has 21 heavy (non-hydrogen) atoms. The van der Waals surface area contributed by atoms with Crippen LogP contribution in [0.2, 0.25) is 0 Å². The summed E-state index contributed by atoms with van der Waals surface area (Å²) in [6.45, 7) is -0.277. The van der Waals surface area contributed by atoms with Gasteiger partial charge < -0.3 is 5.32 Å². The van der Waals surface area contributed by atoms with Crippen molar-refractivity contribution in [3.8, 4) is 0 Å². The summed E-state index contributed by atoms with van der Waals surface area (Å²) in [6.07, 6.45) is -1.45. The molecule has 0 bridgehead atoms. The molecule has 0 radical (unpaired) electrons. The zero-order chi connectivity index (χ0) is 15.5. The highest BCUT2D eigenvalue weighted by molar-refractivity contribution is 7.98. The number of carbonyl (C=O) groups excluding carboxylic acids is 1. The lowest BCUT2D eigenvalue weighted by Gasteiger charge is -2.06. The van der Waals surface area contributed by atoms with Crippen molar-refractivity contribution in [1.82, 2.24) is 9.78 Å². The molecule has 0 atom stereocenters. The second-order valence-corrected chi connectivity index (χ2v) is 5.05. The number of thioether (sulfide) groups is 1. The van der Waals surface area contributed by atoms with E-state index < -0.39 is 17.8 Å². The number of halogens is 3. The normalized spacial score (nSPS) is 11.4. The molecule has 1 aromatic heterocycles. The van der Waals surface area contributed by atoms with Crippen molar-refractivity contribution < 1.29 is 18.0 Å². The van der Waals surface area contributed by atoms with Crippen molar-refractivity contribution >= 4 is 23.4 Å². The molecule has 1 N–H and O–H groups in total. The monoisotopic (exact) mass is 315 g/mol. The van der Waals surface area contributed by atoms with Crippen molar-refractivity contribution in [2.45, 2.75) is 17.6 Å². The van der Waals surface area contributed by atoms with Gasteiger partial charge in [0.2, 0.25) is 5.91 Å². The summed E-state index contributed by atoms with van der Waals surface area (Å²) in [4.78, 5) is 12.8. The number of aromatic nitrogens is 2. The van der Waals surface area contributed by atoms with Gasteiger partial charge in [0.1, 0.15) is 6.54 Å². The largest absolute Gasteiger partial charge is 0.435 e. The molecule has 8 heteroatoms. The number of amides is 1. The van der Waals surface area contributed by atoms with Gasteiger partial charge >= 0.3 is 6.18 Å². The Morgan fingerprint density at radius 3 is 2.48 bits per heavy atom. The smallest absolute Gasteiger partial charge is 0.324 e. The van der Waals surface area contributed by atoms with Crippen LogP contribution in [0.25, 0.3) is 0 Å². The van der Waals surface area contributed by atoms with Crippen LogP contribution in [0.15, 0.2) is 41.4 Å². The fraction of sp³-hybridized carbons (Fsp3) is 0.231. The average Bonchev–Trinajstić information content (AvgIpc) is 2.88. The third-order valence-electron chi connectivity index (χ3n) is 2.61. The molecule has 1 amide bonds. The lowest BCUT2D eigenvalue weighted by molar-refractivity contribution is -0.141. The number of nitrogens with one attached hydrogen (secondary N) is 1. The van der Waals surface area contributed by atoms with E-state index in [1.54, 1.807) is 23.9 Å². The molecule has 0 aliphatic rings. The predicted molar refractivity (Wildman–Crippen MR) is 74.1 cm³/mol. The maximum atomic E-state index is 12.4. The number of alkyl halides is 3. The molecule has 112 valence electrons. The van der Waals surface area contributed by atoms with Crippen LogP contribution in [-0.4, -0.2) is 21.9 Å². The van der Waals surface area contributed by atoms with Crippen LogP contribution >= 0.6 is 11.8 Å². The number of hydrogen-bond acceptors (Lipinski definition) is 3. The molecule has 0 saturated heterocycles. The Labute approximate surface area is 123 Å². The van der Waals surface area contributed by atoms with Gasteiger partial charge in [-0.3, -0.25) is 9.48 Å². The van der Waals surface area contributed by atoms with Crippen molar-refractivity contribution in [3.63, 3.8) is 0 Å². The molecule has 0 unspecified atom stereocenters. The van der Waals surface area contributed by atoms with Gasteiger partial charge in [-0.1, -0.05) is 0 Å². The highest BCUT2D eigenvalue weighted by Crippen LogP contribution is 2.27. The van der Waals surface area contributed by atoms with Crippen LogP contribution in [0, 0.1) is 0 Å². The van der Waals surface area contributed by atoms with Crippen molar-refractivity contribution in [1.29, 1.82) is 0 Å². The van der Waals surface area contributed by atoms with Crippen LogP contribution in [0.1, 0.15) is 5.69 Å². The Bertz CT molecular complexity index is 622. The molecule has 0 spiro atoms. The lowest BCUT2D eigenvalue weighted by Crippen LogP contribution is -2.19. The van der Waals surface area contributed by atoms with Gasteiger partial charge in [0.25, 0.3) is 0 Å². The first-order valence-corrected chi connectivity index (χ1v) is 7.15. The Kier molecular flexibility index (Phi) is 4.56. The van der Waals surface area contributed by atoms with Crippen molar-refractivity contribution in [3.05, 3.63) is 42.2 Å². The van der Waals surface area contributed by atoms with Gasteiger partial charge in [-0.25, -0.2) is 0 Å². The van der Waals surface area contributed by atoms with Crippen molar-refractivity contribution in [2.75, 3.05) is 11.6 Å². The Hall–Kier alpha value is -1.96. The molecule has 0 aliphatic carbocycles. The van der Waals surface area contributed by atoms with Gasteiger partial charge in [-0.05, 0) is 36.6 Å². The van der Waals surface area contributed by atoms with Crippen LogP contribution in [0.3, 0.4) is 0 Å². The quantitative estimate of drug-likeness (QED) is 0.881. The maximum absolute atomic E-state index is 12.4. The first-order chi connectivity index (χ1) is 9.88. The van der Waals surface area contributed by atoms with E-state index in [1.807, 2.05) is 18.4 Å². The number of hydrogen-bond donors (Lipinski definition) is 1. The third-order valence-corrected chi connectivity index (χ3v) is 3.35. The van der Waals surface area contributed by atoms with E-state index in [1.165, 1.54) is 0 Å². The highest BCUT2D eigenvalue weighted by atomic mass is 32.2. The Morgan fingerprint density at radius 1 is 1.29 bits per heavy atom. The topological polar surface area (TPSA) is 46.9 Å². The molecule has 0 fully saturated rings. The van der Waals surface area contributed by atoms with Gasteiger partial charge in [0, 0.05) is 16.8 Å². The number of carbonyl (C=O) groups is 1. The SMILES string of the molecule is CSc1ccc(NC(=O)Cn2ccc(C(F)(F)F)n2)cc1. The first kappa shape index (κ1) is 15.4. The number of nitrogens with zero attached hydrogens (tertiary/aromatic N) is 2. The van der Waals surface area contributed by atoms with Crippen LogP contribution in [0.4, 0.5) is 18.9 Å². The van der Waals surface area contributed by atoms with Gasteiger partial charge in [-0.2, -0.15) is 18.3 Å². The first-order valence-electron chi connectivity index (χ1n) is 5.93. The number of anilines is 1. The van der Waals surface area contributed by atoms with E-state index in [2.05, 4.69) is 10.4 Å². The lowest BCUT2D eigenvalue weighted by atomic mass is 10.3. The standard InChI is InChI=1S/C13H12F3N3OS/c1-21-10-4-2-9(3-5-10)17-12(20)8-19-7-6-11(18-19)13(14,15)16/h2-7H,8H2,1H3,(H,17,20). The van der Waals surface area contributed by atoms with E-state index in [4.69, 9.17) is 0 Å². The predicted octanol–water partition coefficient (Wildman–Crippen LogP) is 3.26. The third kappa shape index (κ3) is 4.25. The summed E-state index contributed by atoms with van der Waals surface area (Å²) >= 11 is 1.57.